The van der Waals surface area contributed by atoms with Crippen LogP contribution in [0.4, 0.5) is 0 Å². The molecule has 1 amide bonds. The van der Waals surface area contributed by atoms with Gasteiger partial charge in [0.25, 0.3) is 5.91 Å². The second kappa shape index (κ2) is 8.31. The molecule has 25 heavy (non-hydrogen) atoms. The van der Waals surface area contributed by atoms with E-state index in [2.05, 4.69) is 10.3 Å². The van der Waals surface area contributed by atoms with Gasteiger partial charge in [0, 0.05) is 24.0 Å². The zero-order valence-electron chi connectivity index (χ0n) is 14.5. The number of benzene rings is 1. The molecule has 1 saturated heterocycles. The van der Waals surface area contributed by atoms with Gasteiger partial charge in [0.1, 0.15) is 6.61 Å². The maximum atomic E-state index is 12.7. The predicted molar refractivity (Wildman–Crippen MR) is 97.4 cm³/mol. The average molecular weight is 361 g/mol. The highest BCUT2D eigenvalue weighted by Crippen LogP contribution is 2.30. The molecule has 1 N–H and O–H groups in total. The summed E-state index contributed by atoms with van der Waals surface area (Å²) in [6.07, 6.45) is 1.04. The van der Waals surface area contributed by atoms with E-state index in [1.54, 1.807) is 30.8 Å². The van der Waals surface area contributed by atoms with Crippen LogP contribution in [0.3, 0.4) is 0 Å². The summed E-state index contributed by atoms with van der Waals surface area (Å²) in [7, 11) is 3.53. The Morgan fingerprint density at radius 1 is 1.44 bits per heavy atom. The molecular formula is C18H23N3O3S. The highest BCUT2D eigenvalue weighted by molar-refractivity contribution is 7.07. The monoisotopic (exact) mass is 361 g/mol. The van der Waals surface area contributed by atoms with Crippen molar-refractivity contribution in [2.24, 2.45) is 5.92 Å². The summed E-state index contributed by atoms with van der Waals surface area (Å²) in [4.78, 5) is 18.8. The van der Waals surface area contributed by atoms with Crippen LogP contribution in [0, 0.1) is 5.92 Å². The zero-order valence-corrected chi connectivity index (χ0v) is 15.3. The first-order chi connectivity index (χ1) is 12.2. The molecule has 134 valence electrons. The molecule has 3 rings (SSSR count). The number of methoxy groups -OCH3 is 1. The Hall–Kier alpha value is -2.12. The van der Waals surface area contributed by atoms with Gasteiger partial charge in [-0.1, -0.05) is 0 Å². The number of carbonyl (C=O) groups is 1. The third kappa shape index (κ3) is 4.29. The van der Waals surface area contributed by atoms with Crippen LogP contribution in [-0.2, 0) is 6.61 Å². The minimum Gasteiger partial charge on any atom is -0.493 e. The van der Waals surface area contributed by atoms with Crippen LogP contribution in [0.1, 0.15) is 22.5 Å². The van der Waals surface area contributed by atoms with Crippen molar-refractivity contribution < 1.29 is 14.3 Å². The summed E-state index contributed by atoms with van der Waals surface area (Å²) in [6, 6.07) is 5.34. The molecule has 2 heterocycles. The van der Waals surface area contributed by atoms with E-state index in [-0.39, 0.29) is 5.91 Å². The van der Waals surface area contributed by atoms with Gasteiger partial charge in [-0.15, -0.1) is 11.3 Å². The van der Waals surface area contributed by atoms with Crippen molar-refractivity contribution in [1.29, 1.82) is 0 Å². The van der Waals surface area contributed by atoms with Gasteiger partial charge in [0.2, 0.25) is 0 Å². The lowest BCUT2D eigenvalue weighted by Crippen LogP contribution is -2.30. The first-order valence-corrected chi connectivity index (χ1v) is 9.27. The number of ether oxygens (including phenoxy) is 2. The van der Waals surface area contributed by atoms with Crippen molar-refractivity contribution in [3.05, 3.63) is 40.3 Å². The van der Waals surface area contributed by atoms with Gasteiger partial charge >= 0.3 is 0 Å². The standard InChI is InChI=1S/C18H23N3O3S/c1-19-8-13-5-6-21(9-13)18(22)14-3-4-16(17(7-14)23-2)24-10-15-11-25-12-20-15/h3-4,7,11-13,19H,5-6,8-10H2,1-2H3. The molecule has 1 unspecified atom stereocenters. The van der Waals surface area contributed by atoms with Crippen molar-refractivity contribution in [3.63, 3.8) is 0 Å². The zero-order chi connectivity index (χ0) is 17.6. The number of thiazole rings is 1. The largest absolute Gasteiger partial charge is 0.493 e. The van der Waals surface area contributed by atoms with E-state index >= 15 is 0 Å². The number of nitrogens with zero attached hydrogens (tertiary/aromatic N) is 2. The van der Waals surface area contributed by atoms with Gasteiger partial charge in [-0.2, -0.15) is 0 Å². The Morgan fingerprint density at radius 3 is 3.04 bits per heavy atom. The smallest absolute Gasteiger partial charge is 0.254 e. The van der Waals surface area contributed by atoms with Crippen LogP contribution >= 0.6 is 11.3 Å². The van der Waals surface area contributed by atoms with Crippen molar-refractivity contribution in [2.75, 3.05) is 33.8 Å². The summed E-state index contributed by atoms with van der Waals surface area (Å²) in [6.45, 7) is 2.92. The van der Waals surface area contributed by atoms with E-state index < -0.39 is 0 Å². The van der Waals surface area contributed by atoms with E-state index in [9.17, 15) is 4.79 Å². The number of likely N-dealkylation sites (tertiary alicyclic amines) is 1. The number of rotatable bonds is 7. The van der Waals surface area contributed by atoms with Crippen LogP contribution in [0.2, 0.25) is 0 Å². The Bertz CT molecular complexity index is 706. The predicted octanol–water partition coefficient (Wildman–Crippen LogP) is 2.41. The molecule has 0 radical (unpaired) electrons. The summed E-state index contributed by atoms with van der Waals surface area (Å²) >= 11 is 1.53. The molecule has 0 bridgehead atoms. The highest BCUT2D eigenvalue weighted by Gasteiger charge is 2.27. The molecule has 7 heteroatoms. The summed E-state index contributed by atoms with van der Waals surface area (Å²) < 4.78 is 11.2. The van der Waals surface area contributed by atoms with E-state index in [0.29, 0.717) is 29.6 Å². The molecule has 2 aromatic rings. The lowest BCUT2D eigenvalue weighted by atomic mass is 10.1. The molecule has 0 saturated carbocycles. The quantitative estimate of drug-likeness (QED) is 0.820. The first kappa shape index (κ1) is 17.7. The second-order valence-corrected chi connectivity index (χ2v) is 6.82. The highest BCUT2D eigenvalue weighted by atomic mass is 32.1. The number of nitrogens with one attached hydrogen (secondary N) is 1. The Labute approximate surface area is 151 Å². The Morgan fingerprint density at radius 2 is 2.32 bits per heavy atom. The number of hydrogen-bond donors (Lipinski definition) is 1. The summed E-state index contributed by atoms with van der Waals surface area (Å²) in [5.74, 6) is 1.74. The van der Waals surface area contributed by atoms with Crippen LogP contribution in [0.5, 0.6) is 11.5 Å². The normalized spacial score (nSPS) is 16.9. The molecule has 1 atom stereocenters. The second-order valence-electron chi connectivity index (χ2n) is 6.10. The number of hydrogen-bond acceptors (Lipinski definition) is 6. The fraction of sp³-hybridized carbons (Fsp3) is 0.444. The molecule has 0 spiro atoms. The fourth-order valence-corrected chi connectivity index (χ4v) is 3.58. The summed E-state index contributed by atoms with van der Waals surface area (Å²) in [5, 5.41) is 5.13. The SMILES string of the molecule is CNCC1CCN(C(=O)c2ccc(OCc3cscn3)c(OC)c2)C1. The lowest BCUT2D eigenvalue weighted by molar-refractivity contribution is 0.0786. The van der Waals surface area contributed by atoms with E-state index in [4.69, 9.17) is 9.47 Å². The van der Waals surface area contributed by atoms with E-state index in [0.717, 1.165) is 31.7 Å². The fourth-order valence-electron chi connectivity index (χ4n) is 3.04. The molecule has 0 aliphatic carbocycles. The van der Waals surface area contributed by atoms with Crippen LogP contribution < -0.4 is 14.8 Å². The topological polar surface area (TPSA) is 63.7 Å². The van der Waals surface area contributed by atoms with Crippen LogP contribution in [-0.4, -0.2) is 49.6 Å². The lowest BCUT2D eigenvalue weighted by Gasteiger charge is -2.18. The van der Waals surface area contributed by atoms with E-state index in [1.807, 2.05) is 17.3 Å². The molecule has 6 nitrogen and oxygen atoms in total. The molecule has 1 fully saturated rings. The third-order valence-corrected chi connectivity index (χ3v) is 4.97. The van der Waals surface area contributed by atoms with E-state index in [1.165, 1.54) is 11.3 Å². The van der Waals surface area contributed by atoms with Crippen LogP contribution in [0.25, 0.3) is 0 Å². The third-order valence-electron chi connectivity index (χ3n) is 4.34. The minimum atomic E-state index is 0.0444. The van der Waals surface area contributed by atoms with Gasteiger partial charge in [0.05, 0.1) is 18.3 Å². The first-order valence-electron chi connectivity index (χ1n) is 8.33. The van der Waals surface area contributed by atoms with Crippen molar-refractivity contribution in [3.8, 4) is 11.5 Å². The van der Waals surface area contributed by atoms with Gasteiger partial charge in [-0.3, -0.25) is 4.79 Å². The maximum Gasteiger partial charge on any atom is 0.254 e. The molecule has 1 aliphatic heterocycles. The van der Waals surface area contributed by atoms with Gasteiger partial charge in [-0.25, -0.2) is 4.98 Å². The van der Waals surface area contributed by atoms with Gasteiger partial charge < -0.3 is 19.7 Å². The summed E-state index contributed by atoms with van der Waals surface area (Å²) in [5.41, 5.74) is 3.28. The number of aromatic nitrogens is 1. The van der Waals surface area contributed by atoms with Crippen molar-refractivity contribution >= 4 is 17.2 Å². The minimum absolute atomic E-state index is 0.0444. The van der Waals surface area contributed by atoms with Crippen molar-refractivity contribution in [2.45, 2.75) is 13.0 Å². The van der Waals surface area contributed by atoms with Crippen molar-refractivity contribution in [1.82, 2.24) is 15.2 Å². The van der Waals surface area contributed by atoms with Crippen LogP contribution in [0.15, 0.2) is 29.1 Å². The van der Waals surface area contributed by atoms with Gasteiger partial charge in [-0.05, 0) is 44.1 Å². The van der Waals surface area contributed by atoms with Gasteiger partial charge in [0.15, 0.2) is 11.5 Å². The average Bonchev–Trinajstić information content (AvgIpc) is 3.31. The molecule has 1 aromatic carbocycles. The Kier molecular flexibility index (Phi) is 5.88. The number of amides is 1. The maximum absolute atomic E-state index is 12.7. The molecule has 1 aliphatic rings. The Balaban J connectivity index is 1.67. The number of carbonyl (C=O) groups excluding carboxylic acids is 1. The molecule has 1 aromatic heterocycles. The molecular weight excluding hydrogens is 338 g/mol.